The van der Waals surface area contributed by atoms with Gasteiger partial charge in [-0.1, -0.05) is 5.21 Å². The third-order valence-corrected chi connectivity index (χ3v) is 4.87. The summed E-state index contributed by atoms with van der Waals surface area (Å²) in [6, 6.07) is 0. The first kappa shape index (κ1) is 14.9. The molecule has 10 heteroatoms. The molecule has 0 amide bonds. The Morgan fingerprint density at radius 2 is 2.26 bits per heavy atom. The van der Waals surface area contributed by atoms with Gasteiger partial charge in [0.25, 0.3) is 10.0 Å². The third kappa shape index (κ3) is 3.31. The molecule has 0 bridgehead atoms. The van der Waals surface area contributed by atoms with Crippen LogP contribution in [-0.4, -0.2) is 48.5 Å². The predicted octanol–water partition coefficient (Wildman–Crippen LogP) is 0.00740. The Balaban J connectivity index is 2.04. The average molecular weight is 355 g/mol. The zero-order valence-corrected chi connectivity index (χ0v) is 13.2. The van der Waals surface area contributed by atoms with E-state index in [0.717, 1.165) is 0 Å². The second-order valence-electron chi connectivity index (χ2n) is 4.61. The van der Waals surface area contributed by atoms with Crippen LogP contribution in [0, 0.1) is 0 Å². The fourth-order valence-corrected chi connectivity index (χ4v) is 3.90. The Labute approximate surface area is 119 Å². The van der Waals surface area contributed by atoms with Crippen molar-refractivity contribution >= 4 is 26.0 Å². The molecule has 1 aliphatic rings. The Morgan fingerprint density at radius 3 is 2.74 bits per heavy atom. The minimum Gasteiger partial charge on any atom is -0.348 e. The number of nitrogens with zero attached hydrogens (tertiary/aromatic N) is 3. The second-order valence-corrected chi connectivity index (χ2v) is 7.04. The molecule has 1 aromatic rings. The highest BCUT2D eigenvalue weighted by molar-refractivity contribution is 9.10. The van der Waals surface area contributed by atoms with E-state index in [2.05, 4.69) is 31.0 Å². The fraction of sp³-hybridized carbons (Fsp3) is 0.778. The van der Waals surface area contributed by atoms with Crippen molar-refractivity contribution in [1.29, 1.82) is 0 Å². The summed E-state index contributed by atoms with van der Waals surface area (Å²) < 4.78 is 38.9. The van der Waals surface area contributed by atoms with E-state index in [1.54, 1.807) is 13.8 Å². The van der Waals surface area contributed by atoms with Gasteiger partial charge >= 0.3 is 0 Å². The fourth-order valence-electron chi connectivity index (χ4n) is 1.74. The predicted molar refractivity (Wildman–Crippen MR) is 68.8 cm³/mol. The van der Waals surface area contributed by atoms with E-state index in [-0.39, 0.29) is 22.3 Å². The molecule has 1 saturated heterocycles. The van der Waals surface area contributed by atoms with Gasteiger partial charge in [0.1, 0.15) is 0 Å². The maximum absolute atomic E-state index is 12.1. The molecule has 19 heavy (non-hydrogen) atoms. The van der Waals surface area contributed by atoms with Crippen molar-refractivity contribution in [3.8, 4) is 0 Å². The molecule has 1 aliphatic heterocycles. The van der Waals surface area contributed by atoms with E-state index in [1.165, 1.54) is 11.7 Å². The molecule has 0 spiro atoms. The molecule has 108 valence electrons. The summed E-state index contributed by atoms with van der Waals surface area (Å²) >= 11 is 3.05. The Bertz CT molecular complexity index is 551. The molecule has 8 nitrogen and oxygen atoms in total. The van der Waals surface area contributed by atoms with Gasteiger partial charge in [-0.15, -0.1) is 5.10 Å². The summed E-state index contributed by atoms with van der Waals surface area (Å²) in [5.41, 5.74) is 0. The van der Waals surface area contributed by atoms with E-state index < -0.39 is 15.8 Å². The number of nitrogens with one attached hydrogen (secondary N) is 1. The van der Waals surface area contributed by atoms with Crippen LogP contribution in [-0.2, 0) is 26.5 Å². The maximum atomic E-state index is 12.1. The zero-order valence-electron chi connectivity index (χ0n) is 10.8. The van der Waals surface area contributed by atoms with Crippen LogP contribution in [0.3, 0.4) is 0 Å². The van der Waals surface area contributed by atoms with Crippen LogP contribution in [0.1, 0.15) is 13.8 Å². The highest BCUT2D eigenvalue weighted by Crippen LogP contribution is 2.22. The summed E-state index contributed by atoms with van der Waals surface area (Å²) in [5, 5.41) is 7.25. The number of aryl methyl sites for hydroxylation is 1. The lowest BCUT2D eigenvalue weighted by molar-refractivity contribution is -0.137. The van der Waals surface area contributed by atoms with Gasteiger partial charge in [-0.2, -0.15) is 0 Å². The van der Waals surface area contributed by atoms with Gasteiger partial charge in [0.05, 0.1) is 12.7 Å². The number of ether oxygens (including phenoxy) is 2. The van der Waals surface area contributed by atoms with Crippen molar-refractivity contribution in [1.82, 2.24) is 19.7 Å². The van der Waals surface area contributed by atoms with E-state index >= 15 is 0 Å². The number of hydrogen-bond donors (Lipinski definition) is 1. The molecular formula is C9H15BrN4O4S. The molecule has 0 aromatic carbocycles. The number of halogens is 1. The van der Waals surface area contributed by atoms with Crippen molar-refractivity contribution in [2.24, 2.45) is 7.05 Å². The number of aromatic nitrogens is 3. The monoisotopic (exact) mass is 354 g/mol. The molecule has 0 radical (unpaired) electrons. The minimum absolute atomic E-state index is 0.0225. The lowest BCUT2D eigenvalue weighted by atomic mass is 10.4. The molecule has 1 unspecified atom stereocenters. The maximum Gasteiger partial charge on any atom is 0.260 e. The molecule has 1 aromatic heterocycles. The summed E-state index contributed by atoms with van der Waals surface area (Å²) in [4.78, 5) is 0. The first-order valence-electron chi connectivity index (χ1n) is 5.58. The summed E-state index contributed by atoms with van der Waals surface area (Å²) in [5.74, 6) is -0.676. The Hall–Kier alpha value is -0.550. The standard InChI is InChI=1S/C9H15BrN4O4S/c1-9(2)17-5-6(18-9)4-11-19(15,16)8-7(10)12-13-14(8)3/h6,11H,4-5H2,1-3H3. The summed E-state index contributed by atoms with van der Waals surface area (Å²) in [6.45, 7) is 4.04. The molecule has 1 atom stereocenters. The number of hydrogen-bond acceptors (Lipinski definition) is 6. The molecular weight excluding hydrogens is 340 g/mol. The molecule has 0 aliphatic carbocycles. The van der Waals surface area contributed by atoms with Gasteiger partial charge < -0.3 is 9.47 Å². The summed E-state index contributed by atoms with van der Waals surface area (Å²) in [7, 11) is -2.19. The van der Waals surface area contributed by atoms with Crippen LogP contribution in [0.15, 0.2) is 9.63 Å². The van der Waals surface area contributed by atoms with Crippen molar-refractivity contribution < 1.29 is 17.9 Å². The van der Waals surface area contributed by atoms with E-state index in [0.29, 0.717) is 6.61 Å². The molecule has 0 saturated carbocycles. The Morgan fingerprint density at radius 1 is 1.58 bits per heavy atom. The van der Waals surface area contributed by atoms with Crippen LogP contribution in [0.4, 0.5) is 0 Å². The van der Waals surface area contributed by atoms with Crippen LogP contribution in [0.25, 0.3) is 0 Å². The van der Waals surface area contributed by atoms with Gasteiger partial charge in [0.15, 0.2) is 10.4 Å². The number of sulfonamides is 1. The highest BCUT2D eigenvalue weighted by Gasteiger charge is 2.34. The topological polar surface area (TPSA) is 95.3 Å². The van der Waals surface area contributed by atoms with Crippen molar-refractivity contribution in [3.05, 3.63) is 4.60 Å². The van der Waals surface area contributed by atoms with Crippen LogP contribution in [0.2, 0.25) is 0 Å². The average Bonchev–Trinajstić information content (AvgIpc) is 2.79. The SMILES string of the molecule is Cn1nnc(Br)c1S(=O)(=O)NCC1COC(C)(C)O1. The quantitative estimate of drug-likeness (QED) is 0.817. The Kier molecular flexibility index (Phi) is 3.98. The first-order chi connectivity index (χ1) is 8.71. The molecule has 2 heterocycles. The smallest absolute Gasteiger partial charge is 0.260 e. The molecule has 1 fully saturated rings. The van der Waals surface area contributed by atoms with Crippen LogP contribution in [0.5, 0.6) is 0 Å². The lowest BCUT2D eigenvalue weighted by Crippen LogP contribution is -2.35. The van der Waals surface area contributed by atoms with Gasteiger partial charge in [-0.3, -0.25) is 0 Å². The van der Waals surface area contributed by atoms with Gasteiger partial charge in [0.2, 0.25) is 5.03 Å². The van der Waals surface area contributed by atoms with Crippen molar-refractivity contribution in [2.45, 2.75) is 30.8 Å². The van der Waals surface area contributed by atoms with Gasteiger partial charge in [-0.05, 0) is 29.8 Å². The number of rotatable bonds is 4. The van der Waals surface area contributed by atoms with E-state index in [9.17, 15) is 8.42 Å². The first-order valence-corrected chi connectivity index (χ1v) is 7.85. The van der Waals surface area contributed by atoms with Crippen molar-refractivity contribution in [3.63, 3.8) is 0 Å². The highest BCUT2D eigenvalue weighted by atomic mass is 79.9. The lowest BCUT2D eigenvalue weighted by Gasteiger charge is -2.17. The van der Waals surface area contributed by atoms with E-state index in [4.69, 9.17) is 9.47 Å². The summed E-state index contributed by atoms with van der Waals surface area (Å²) in [6.07, 6.45) is -0.315. The second kappa shape index (κ2) is 5.09. The normalized spacial score (nSPS) is 22.8. The van der Waals surface area contributed by atoms with Crippen molar-refractivity contribution in [2.75, 3.05) is 13.2 Å². The molecule has 1 N–H and O–H groups in total. The molecule has 2 rings (SSSR count). The van der Waals surface area contributed by atoms with Crippen LogP contribution >= 0.6 is 15.9 Å². The minimum atomic E-state index is -3.70. The largest absolute Gasteiger partial charge is 0.348 e. The third-order valence-electron chi connectivity index (χ3n) is 2.56. The van der Waals surface area contributed by atoms with E-state index in [1.807, 2.05) is 0 Å². The zero-order chi connectivity index (χ0) is 14.3. The van der Waals surface area contributed by atoms with Gasteiger partial charge in [0, 0.05) is 13.6 Å². The van der Waals surface area contributed by atoms with Crippen LogP contribution < -0.4 is 4.72 Å². The van der Waals surface area contributed by atoms with Gasteiger partial charge in [-0.25, -0.2) is 17.8 Å².